The summed E-state index contributed by atoms with van der Waals surface area (Å²) < 4.78 is 39.4. The first-order valence-electron chi connectivity index (χ1n) is 5.91. The molecule has 0 fully saturated rings. The molecule has 1 aromatic carbocycles. The number of hydrogen-bond acceptors (Lipinski definition) is 1. The first-order valence-corrected chi connectivity index (χ1v) is 5.91. The lowest BCUT2D eigenvalue weighted by Crippen LogP contribution is -2.18. The summed E-state index contributed by atoms with van der Waals surface area (Å²) in [7, 11) is 1.69. The van der Waals surface area contributed by atoms with Crippen LogP contribution in [0.3, 0.4) is 0 Å². The van der Waals surface area contributed by atoms with Gasteiger partial charge in [-0.2, -0.15) is 0 Å². The van der Waals surface area contributed by atoms with Crippen molar-refractivity contribution in [3.05, 3.63) is 35.1 Å². The van der Waals surface area contributed by atoms with Gasteiger partial charge in [-0.1, -0.05) is 26.2 Å². The van der Waals surface area contributed by atoms with Gasteiger partial charge < -0.3 is 5.32 Å². The Hall–Kier alpha value is -1.03. The first-order chi connectivity index (χ1) is 8.10. The summed E-state index contributed by atoms with van der Waals surface area (Å²) >= 11 is 0. The van der Waals surface area contributed by atoms with E-state index in [0.29, 0.717) is 12.5 Å². The maximum atomic E-state index is 13.5. The highest BCUT2D eigenvalue weighted by molar-refractivity contribution is 5.23. The van der Waals surface area contributed by atoms with Crippen LogP contribution in [0.25, 0.3) is 0 Å². The van der Waals surface area contributed by atoms with Crippen LogP contribution < -0.4 is 5.32 Å². The molecule has 0 saturated heterocycles. The second kappa shape index (κ2) is 6.64. The van der Waals surface area contributed by atoms with Gasteiger partial charge in [0.2, 0.25) is 0 Å². The molecule has 1 N–H and O–H groups in total. The minimum absolute atomic E-state index is 0.197. The number of benzene rings is 1. The lowest BCUT2D eigenvalue weighted by Gasteiger charge is -2.17. The molecular weight excluding hydrogens is 227 g/mol. The summed E-state index contributed by atoms with van der Waals surface area (Å²) in [4.78, 5) is 0. The van der Waals surface area contributed by atoms with E-state index >= 15 is 0 Å². The van der Waals surface area contributed by atoms with Gasteiger partial charge in [-0.05, 0) is 19.5 Å². The van der Waals surface area contributed by atoms with Crippen LogP contribution >= 0.6 is 0 Å². The van der Waals surface area contributed by atoms with E-state index in [1.807, 2.05) is 0 Å². The Labute approximate surface area is 100 Å². The Kier molecular flexibility index (Phi) is 5.48. The summed E-state index contributed by atoms with van der Waals surface area (Å²) in [6, 6.07) is 1.28. The monoisotopic (exact) mass is 245 g/mol. The molecule has 1 aromatic rings. The molecule has 0 saturated carbocycles. The first kappa shape index (κ1) is 14.0. The van der Waals surface area contributed by atoms with Crippen LogP contribution in [0.2, 0.25) is 0 Å². The maximum absolute atomic E-state index is 13.5. The van der Waals surface area contributed by atoms with E-state index in [1.165, 1.54) is 0 Å². The topological polar surface area (TPSA) is 12.0 Å². The van der Waals surface area contributed by atoms with Gasteiger partial charge in [-0.15, -0.1) is 0 Å². The third kappa shape index (κ3) is 3.73. The average molecular weight is 245 g/mol. The van der Waals surface area contributed by atoms with Crippen LogP contribution in [0, 0.1) is 17.5 Å². The molecule has 0 spiro atoms. The van der Waals surface area contributed by atoms with E-state index in [-0.39, 0.29) is 11.6 Å². The second-order valence-electron chi connectivity index (χ2n) is 4.12. The van der Waals surface area contributed by atoms with Gasteiger partial charge in [-0.25, -0.2) is 13.2 Å². The molecule has 0 aliphatic carbocycles. The van der Waals surface area contributed by atoms with E-state index in [1.54, 1.807) is 7.05 Å². The largest absolute Gasteiger partial charge is 0.313 e. The zero-order valence-corrected chi connectivity index (χ0v) is 10.2. The summed E-state index contributed by atoms with van der Waals surface area (Å²) in [5, 5.41) is 2.94. The normalized spacial score (nSPS) is 12.8. The molecule has 0 aromatic heterocycles. The predicted octanol–water partition coefficient (Wildman–Crippen LogP) is 3.94. The molecule has 0 bridgehead atoms. The highest BCUT2D eigenvalue weighted by atomic mass is 19.2. The van der Waals surface area contributed by atoms with Crippen molar-refractivity contribution in [1.29, 1.82) is 0 Å². The predicted molar refractivity (Wildman–Crippen MR) is 62.3 cm³/mol. The lowest BCUT2D eigenvalue weighted by atomic mass is 10.00. The van der Waals surface area contributed by atoms with Crippen molar-refractivity contribution in [3.63, 3.8) is 0 Å². The fraction of sp³-hybridized carbons (Fsp3) is 0.538. The zero-order chi connectivity index (χ0) is 12.8. The van der Waals surface area contributed by atoms with Crippen molar-refractivity contribution >= 4 is 0 Å². The highest BCUT2D eigenvalue weighted by Crippen LogP contribution is 2.24. The molecule has 0 heterocycles. The number of rotatable bonds is 6. The third-order valence-corrected chi connectivity index (χ3v) is 2.86. The molecule has 0 aliphatic rings. The van der Waals surface area contributed by atoms with Crippen LogP contribution in [-0.2, 0) is 0 Å². The van der Waals surface area contributed by atoms with Gasteiger partial charge in [0.1, 0.15) is 5.82 Å². The Morgan fingerprint density at radius 1 is 1.06 bits per heavy atom. The number of unbranched alkanes of at least 4 members (excludes halogenated alkanes) is 2. The van der Waals surface area contributed by atoms with Crippen molar-refractivity contribution in [2.75, 3.05) is 7.05 Å². The molecule has 0 amide bonds. The van der Waals surface area contributed by atoms with Gasteiger partial charge >= 0.3 is 0 Å². The molecule has 1 rings (SSSR count). The summed E-state index contributed by atoms with van der Waals surface area (Å²) in [5.74, 6) is -2.84. The molecule has 1 atom stereocenters. The van der Waals surface area contributed by atoms with Gasteiger partial charge in [0.05, 0.1) is 0 Å². The SMILES string of the molecule is CCCCCC(NC)c1cc(F)c(F)cc1F. The van der Waals surface area contributed by atoms with E-state index < -0.39 is 17.5 Å². The van der Waals surface area contributed by atoms with Crippen LogP contribution in [0.4, 0.5) is 13.2 Å². The average Bonchev–Trinajstić information content (AvgIpc) is 2.30. The molecule has 0 aliphatic heterocycles. The fourth-order valence-electron chi connectivity index (χ4n) is 1.86. The molecule has 17 heavy (non-hydrogen) atoms. The number of nitrogens with one attached hydrogen (secondary N) is 1. The smallest absolute Gasteiger partial charge is 0.161 e. The molecular formula is C13H18F3N. The zero-order valence-electron chi connectivity index (χ0n) is 10.2. The number of halogens is 3. The summed E-state index contributed by atoms with van der Waals surface area (Å²) in [6.07, 6.45) is 3.76. The third-order valence-electron chi connectivity index (χ3n) is 2.86. The van der Waals surface area contributed by atoms with Gasteiger partial charge in [-0.3, -0.25) is 0 Å². The molecule has 96 valence electrons. The van der Waals surface area contributed by atoms with E-state index in [2.05, 4.69) is 12.2 Å². The van der Waals surface area contributed by atoms with E-state index in [9.17, 15) is 13.2 Å². The van der Waals surface area contributed by atoms with Crippen molar-refractivity contribution < 1.29 is 13.2 Å². The van der Waals surface area contributed by atoms with Gasteiger partial charge in [0, 0.05) is 17.7 Å². The highest BCUT2D eigenvalue weighted by Gasteiger charge is 2.17. The van der Waals surface area contributed by atoms with Crippen LogP contribution in [0.15, 0.2) is 12.1 Å². The minimum atomic E-state index is -1.14. The van der Waals surface area contributed by atoms with Crippen molar-refractivity contribution in [1.82, 2.24) is 5.32 Å². The lowest BCUT2D eigenvalue weighted by molar-refractivity contribution is 0.457. The molecule has 1 unspecified atom stereocenters. The van der Waals surface area contributed by atoms with Crippen molar-refractivity contribution in [3.8, 4) is 0 Å². The fourth-order valence-corrected chi connectivity index (χ4v) is 1.86. The Morgan fingerprint density at radius 3 is 2.29 bits per heavy atom. The maximum Gasteiger partial charge on any atom is 0.161 e. The minimum Gasteiger partial charge on any atom is -0.313 e. The Bertz CT molecular complexity index is 366. The molecule has 0 radical (unpaired) electrons. The Morgan fingerprint density at radius 2 is 1.71 bits per heavy atom. The van der Waals surface area contributed by atoms with Crippen LogP contribution in [0.5, 0.6) is 0 Å². The van der Waals surface area contributed by atoms with Crippen LogP contribution in [-0.4, -0.2) is 7.05 Å². The van der Waals surface area contributed by atoms with Crippen LogP contribution in [0.1, 0.15) is 44.2 Å². The number of hydrogen-bond donors (Lipinski definition) is 1. The quantitative estimate of drug-likeness (QED) is 0.591. The molecule has 1 nitrogen and oxygen atoms in total. The van der Waals surface area contributed by atoms with Gasteiger partial charge in [0.25, 0.3) is 0 Å². The second-order valence-corrected chi connectivity index (χ2v) is 4.12. The van der Waals surface area contributed by atoms with E-state index in [0.717, 1.165) is 25.3 Å². The van der Waals surface area contributed by atoms with Crippen molar-refractivity contribution in [2.45, 2.75) is 38.6 Å². The standard InChI is InChI=1S/C13H18F3N/c1-3-4-5-6-13(17-2)9-7-11(15)12(16)8-10(9)14/h7-8,13,17H,3-6H2,1-2H3. The molecule has 4 heteroatoms. The Balaban J connectivity index is 2.84. The summed E-state index contributed by atoms with van der Waals surface area (Å²) in [5.41, 5.74) is 0.197. The van der Waals surface area contributed by atoms with Crippen molar-refractivity contribution in [2.24, 2.45) is 0 Å². The summed E-state index contributed by atoms with van der Waals surface area (Å²) in [6.45, 7) is 2.08. The van der Waals surface area contributed by atoms with E-state index in [4.69, 9.17) is 0 Å². The van der Waals surface area contributed by atoms with Gasteiger partial charge in [0.15, 0.2) is 11.6 Å².